The quantitative estimate of drug-likeness (QED) is 0.749. The predicted molar refractivity (Wildman–Crippen MR) is 106 cm³/mol. The van der Waals surface area contributed by atoms with Crippen molar-refractivity contribution in [1.29, 1.82) is 0 Å². The lowest BCUT2D eigenvalue weighted by molar-refractivity contribution is -0.132. The van der Waals surface area contributed by atoms with Gasteiger partial charge in [0.15, 0.2) is 0 Å². The average Bonchev–Trinajstić information content (AvgIpc) is 2.96. The molecule has 0 aromatic heterocycles. The average molecular weight is 361 g/mol. The molecule has 1 saturated heterocycles. The summed E-state index contributed by atoms with van der Waals surface area (Å²) >= 11 is 0. The maximum atomic E-state index is 10.7. The lowest BCUT2D eigenvalue weighted by Gasteiger charge is -2.61. The van der Waals surface area contributed by atoms with Gasteiger partial charge in [-0.15, -0.1) is 0 Å². The first kappa shape index (κ1) is 17.9. The second kappa shape index (κ2) is 6.46. The van der Waals surface area contributed by atoms with Crippen LogP contribution in [0.4, 0.5) is 0 Å². The summed E-state index contributed by atoms with van der Waals surface area (Å²) in [6.45, 7) is 9.99. The van der Waals surface area contributed by atoms with Crippen LogP contribution in [0.5, 0.6) is 0 Å². The van der Waals surface area contributed by atoms with Crippen LogP contribution in [-0.2, 0) is 0 Å². The van der Waals surface area contributed by atoms with Crippen molar-refractivity contribution >= 4 is 0 Å². The van der Waals surface area contributed by atoms with E-state index in [9.17, 15) is 5.11 Å². The fourth-order valence-corrected chi connectivity index (χ4v) is 8.66. The Bertz CT molecular complexity index is 532. The third-order valence-electron chi connectivity index (χ3n) is 10.2. The summed E-state index contributed by atoms with van der Waals surface area (Å²) in [7, 11) is 0. The summed E-state index contributed by atoms with van der Waals surface area (Å²) in [4.78, 5) is 2.81. The minimum atomic E-state index is -0.0288. The molecule has 2 N–H and O–H groups in total. The third-order valence-corrected chi connectivity index (χ3v) is 10.2. The van der Waals surface area contributed by atoms with Crippen LogP contribution in [0.25, 0.3) is 0 Å². The van der Waals surface area contributed by atoms with Crippen molar-refractivity contribution < 1.29 is 5.11 Å². The smallest absolute Gasteiger partial charge is 0.0596 e. The van der Waals surface area contributed by atoms with Crippen molar-refractivity contribution in [2.45, 2.75) is 83.8 Å². The van der Waals surface area contributed by atoms with Gasteiger partial charge in [0.1, 0.15) is 0 Å². The van der Waals surface area contributed by atoms with Crippen molar-refractivity contribution in [3.8, 4) is 0 Å². The van der Waals surface area contributed by atoms with E-state index in [1.165, 1.54) is 77.5 Å². The zero-order valence-corrected chi connectivity index (χ0v) is 17.1. The van der Waals surface area contributed by atoms with Crippen molar-refractivity contribution in [2.75, 3.05) is 26.2 Å². The number of fused-ring (bicyclic) bond motifs is 5. The van der Waals surface area contributed by atoms with Crippen LogP contribution in [0.3, 0.4) is 0 Å². The van der Waals surface area contributed by atoms with E-state index < -0.39 is 0 Å². The van der Waals surface area contributed by atoms with Crippen LogP contribution in [0.1, 0.15) is 71.6 Å². The van der Waals surface area contributed by atoms with E-state index in [1.807, 2.05) is 0 Å². The van der Waals surface area contributed by atoms with Gasteiger partial charge in [0.2, 0.25) is 0 Å². The Morgan fingerprint density at radius 3 is 2.38 bits per heavy atom. The molecule has 0 spiro atoms. The number of hydrogen-bond donors (Lipinski definition) is 2. The summed E-state index contributed by atoms with van der Waals surface area (Å²) in [6.07, 6.45) is 12.3. The Labute approximate surface area is 160 Å². The minimum absolute atomic E-state index is 0.0288. The molecular formula is C23H40N2O. The van der Waals surface area contributed by atoms with E-state index in [0.717, 1.165) is 36.1 Å². The third kappa shape index (κ3) is 2.56. The second-order valence-electron chi connectivity index (χ2n) is 11.0. The molecule has 4 unspecified atom stereocenters. The Hall–Kier alpha value is -0.120. The molecule has 5 rings (SSSR count). The Morgan fingerprint density at radius 1 is 0.846 bits per heavy atom. The fraction of sp³-hybridized carbons (Fsp3) is 1.00. The molecule has 4 aliphatic carbocycles. The molecule has 5 aliphatic rings. The first-order chi connectivity index (χ1) is 12.5. The Morgan fingerprint density at radius 2 is 1.58 bits per heavy atom. The van der Waals surface area contributed by atoms with Crippen molar-refractivity contribution in [2.24, 2.45) is 34.5 Å². The lowest BCUT2D eigenvalue weighted by atomic mass is 9.45. The number of rotatable bonds is 1. The van der Waals surface area contributed by atoms with Crippen molar-refractivity contribution in [3.63, 3.8) is 0 Å². The molecule has 0 radical (unpaired) electrons. The van der Waals surface area contributed by atoms with Crippen LogP contribution in [0, 0.1) is 34.5 Å². The highest BCUT2D eigenvalue weighted by Crippen LogP contribution is 2.66. The number of aliphatic hydroxyl groups excluding tert-OH is 1. The molecule has 3 heteroatoms. The second-order valence-corrected chi connectivity index (χ2v) is 11.0. The molecule has 26 heavy (non-hydrogen) atoms. The molecule has 148 valence electrons. The fourth-order valence-electron chi connectivity index (χ4n) is 8.66. The summed E-state index contributed by atoms with van der Waals surface area (Å²) < 4.78 is 0. The van der Waals surface area contributed by atoms with Gasteiger partial charge in [0.25, 0.3) is 0 Å². The number of aliphatic hydroxyl groups is 1. The van der Waals surface area contributed by atoms with Gasteiger partial charge >= 0.3 is 0 Å². The van der Waals surface area contributed by atoms with Crippen molar-refractivity contribution in [1.82, 2.24) is 10.2 Å². The number of nitrogens with zero attached hydrogens (tertiary/aromatic N) is 1. The van der Waals surface area contributed by atoms with Crippen LogP contribution < -0.4 is 5.32 Å². The molecule has 0 aromatic carbocycles. The van der Waals surface area contributed by atoms with Crippen LogP contribution in [0.2, 0.25) is 0 Å². The highest BCUT2D eigenvalue weighted by atomic mass is 16.3. The normalized spacial score (nSPS) is 55.0. The monoisotopic (exact) mass is 360 g/mol. The molecular weight excluding hydrogens is 320 g/mol. The largest absolute Gasteiger partial charge is 0.393 e. The van der Waals surface area contributed by atoms with E-state index in [1.54, 1.807) is 0 Å². The maximum Gasteiger partial charge on any atom is 0.0596 e. The molecule has 5 fully saturated rings. The van der Waals surface area contributed by atoms with Crippen LogP contribution in [0.15, 0.2) is 0 Å². The van der Waals surface area contributed by atoms with Gasteiger partial charge in [-0.3, -0.25) is 4.90 Å². The van der Waals surface area contributed by atoms with E-state index >= 15 is 0 Å². The van der Waals surface area contributed by atoms with Gasteiger partial charge in [-0.25, -0.2) is 0 Å². The molecule has 1 aliphatic heterocycles. The lowest BCUT2D eigenvalue weighted by Crippen LogP contribution is -2.58. The molecule has 1 heterocycles. The first-order valence-electron chi connectivity index (χ1n) is 11.7. The first-order valence-corrected chi connectivity index (χ1v) is 11.7. The van der Waals surface area contributed by atoms with Gasteiger partial charge in [0, 0.05) is 32.2 Å². The van der Waals surface area contributed by atoms with Gasteiger partial charge in [0.05, 0.1) is 6.10 Å². The summed E-state index contributed by atoms with van der Waals surface area (Å²) in [5.41, 5.74) is 0.794. The standard InChI is InChI=1S/C23H40N2O/c1-22-10-9-20-18(19(22)7-8-21(22)26)6-4-16-3-5-17(15-23(16,20)2)25-13-11-24-12-14-25/h16-21,24,26H,3-15H2,1-2H3/t16?,17-,18?,19?,20?,21+,22+,23+/m1/s1. The minimum Gasteiger partial charge on any atom is -0.393 e. The summed E-state index contributed by atoms with van der Waals surface area (Å²) in [6, 6.07) is 0.833. The van der Waals surface area contributed by atoms with E-state index in [2.05, 4.69) is 24.1 Å². The van der Waals surface area contributed by atoms with Crippen molar-refractivity contribution in [3.05, 3.63) is 0 Å². The Balaban J connectivity index is 1.38. The number of piperazine rings is 1. The maximum absolute atomic E-state index is 10.7. The van der Waals surface area contributed by atoms with Crippen LogP contribution >= 0.6 is 0 Å². The number of hydrogen-bond acceptors (Lipinski definition) is 3. The van der Waals surface area contributed by atoms with E-state index in [4.69, 9.17) is 0 Å². The summed E-state index contributed by atoms with van der Waals surface area (Å²) in [5.74, 6) is 3.59. The highest BCUT2D eigenvalue weighted by Gasteiger charge is 2.60. The van der Waals surface area contributed by atoms with E-state index in [0.29, 0.717) is 5.41 Å². The highest BCUT2D eigenvalue weighted by molar-refractivity contribution is 5.10. The van der Waals surface area contributed by atoms with Gasteiger partial charge in [-0.1, -0.05) is 13.8 Å². The summed E-state index contributed by atoms with van der Waals surface area (Å²) in [5, 5.41) is 14.2. The zero-order valence-electron chi connectivity index (χ0n) is 17.1. The predicted octanol–water partition coefficient (Wildman–Crippen LogP) is 3.66. The molecule has 0 amide bonds. The van der Waals surface area contributed by atoms with Crippen LogP contribution in [-0.4, -0.2) is 48.3 Å². The zero-order chi connectivity index (χ0) is 17.9. The SMILES string of the molecule is C[C@]12C[C@H](N3CCNCC3)CCC1CCC1C2CC[C@@]2(C)C1CC[C@@H]2O. The van der Waals surface area contributed by atoms with Gasteiger partial charge < -0.3 is 10.4 Å². The Kier molecular flexibility index (Phi) is 4.46. The van der Waals surface area contributed by atoms with E-state index in [-0.39, 0.29) is 11.5 Å². The number of nitrogens with one attached hydrogen (secondary N) is 1. The van der Waals surface area contributed by atoms with Gasteiger partial charge in [-0.05, 0) is 92.3 Å². The van der Waals surface area contributed by atoms with Gasteiger partial charge in [-0.2, -0.15) is 0 Å². The molecule has 0 bridgehead atoms. The molecule has 4 saturated carbocycles. The molecule has 8 atom stereocenters. The topological polar surface area (TPSA) is 35.5 Å². The molecule has 3 nitrogen and oxygen atoms in total. The molecule has 0 aromatic rings.